The first-order chi connectivity index (χ1) is 9.94. The van der Waals surface area contributed by atoms with E-state index in [0.717, 1.165) is 17.7 Å². The molecule has 2 atom stereocenters. The number of hydrogen-bond acceptors (Lipinski definition) is 4. The molecule has 0 radical (unpaired) electrons. The molecule has 0 saturated carbocycles. The Morgan fingerprint density at radius 3 is 2.76 bits per heavy atom. The molecular formula is C16H20N2O3. The standard InChI is InChI=1S/C16H20N2O3/c1-16(2)9-12(10-5-3-4-6-13(10)21-16)17-11-7-8-14(19)18-15(11)20/h3-6,11-12,17H,7-9H2,1-2H3,(H,18,19,20). The largest absolute Gasteiger partial charge is 0.487 e. The van der Waals surface area contributed by atoms with Crippen LogP contribution in [-0.2, 0) is 9.59 Å². The molecule has 2 heterocycles. The van der Waals surface area contributed by atoms with Crippen LogP contribution in [0.25, 0.3) is 0 Å². The lowest BCUT2D eigenvalue weighted by molar-refractivity contribution is -0.135. The molecular weight excluding hydrogens is 268 g/mol. The average molecular weight is 288 g/mol. The highest BCUT2D eigenvalue weighted by atomic mass is 16.5. The molecule has 1 fully saturated rings. The molecule has 2 aliphatic heterocycles. The molecule has 2 amide bonds. The van der Waals surface area contributed by atoms with E-state index in [1.54, 1.807) is 0 Å². The number of nitrogens with one attached hydrogen (secondary N) is 2. The molecule has 112 valence electrons. The number of para-hydroxylation sites is 1. The lowest BCUT2D eigenvalue weighted by Crippen LogP contribution is -2.53. The summed E-state index contributed by atoms with van der Waals surface area (Å²) in [5, 5.41) is 5.79. The van der Waals surface area contributed by atoms with Crippen molar-refractivity contribution in [1.82, 2.24) is 10.6 Å². The number of carbonyl (C=O) groups excluding carboxylic acids is 2. The van der Waals surface area contributed by atoms with Gasteiger partial charge in [-0.15, -0.1) is 0 Å². The van der Waals surface area contributed by atoms with Crippen LogP contribution in [0.2, 0.25) is 0 Å². The highest BCUT2D eigenvalue weighted by Gasteiger charge is 2.36. The second kappa shape index (κ2) is 5.15. The van der Waals surface area contributed by atoms with Gasteiger partial charge in [0.25, 0.3) is 0 Å². The third-order valence-corrected chi connectivity index (χ3v) is 4.02. The van der Waals surface area contributed by atoms with Crippen LogP contribution in [0.1, 0.15) is 44.7 Å². The average Bonchev–Trinajstić information content (AvgIpc) is 2.40. The Hall–Kier alpha value is -1.88. The van der Waals surface area contributed by atoms with Crippen LogP contribution >= 0.6 is 0 Å². The zero-order chi connectivity index (χ0) is 15.0. The van der Waals surface area contributed by atoms with Gasteiger partial charge >= 0.3 is 0 Å². The van der Waals surface area contributed by atoms with Crippen molar-refractivity contribution >= 4 is 11.8 Å². The number of ether oxygens (including phenoxy) is 1. The van der Waals surface area contributed by atoms with Crippen LogP contribution in [0, 0.1) is 0 Å². The summed E-state index contributed by atoms with van der Waals surface area (Å²) in [7, 11) is 0. The van der Waals surface area contributed by atoms with E-state index in [0.29, 0.717) is 12.8 Å². The van der Waals surface area contributed by atoms with Gasteiger partial charge in [-0.1, -0.05) is 18.2 Å². The zero-order valence-electron chi connectivity index (χ0n) is 12.3. The maximum absolute atomic E-state index is 11.9. The van der Waals surface area contributed by atoms with E-state index < -0.39 is 0 Å². The highest BCUT2D eigenvalue weighted by molar-refractivity contribution is 6.00. The highest BCUT2D eigenvalue weighted by Crippen LogP contribution is 2.39. The van der Waals surface area contributed by atoms with E-state index in [4.69, 9.17) is 4.74 Å². The Labute approximate surface area is 124 Å². The summed E-state index contributed by atoms with van der Waals surface area (Å²) in [6, 6.07) is 7.62. The molecule has 0 aromatic heterocycles. The fourth-order valence-electron chi connectivity index (χ4n) is 3.05. The van der Waals surface area contributed by atoms with E-state index in [2.05, 4.69) is 10.6 Å². The Morgan fingerprint density at radius 1 is 1.24 bits per heavy atom. The smallest absolute Gasteiger partial charge is 0.243 e. The van der Waals surface area contributed by atoms with E-state index in [1.165, 1.54) is 0 Å². The number of amides is 2. The second-order valence-electron chi connectivity index (χ2n) is 6.33. The Kier molecular flexibility index (Phi) is 3.45. The maximum atomic E-state index is 11.9. The number of carbonyl (C=O) groups is 2. The van der Waals surface area contributed by atoms with E-state index in [1.807, 2.05) is 38.1 Å². The van der Waals surface area contributed by atoms with Crippen molar-refractivity contribution in [3.63, 3.8) is 0 Å². The number of piperidine rings is 1. The van der Waals surface area contributed by atoms with Crippen LogP contribution < -0.4 is 15.4 Å². The van der Waals surface area contributed by atoms with Crippen molar-refractivity contribution in [3.05, 3.63) is 29.8 Å². The normalized spacial score (nSPS) is 27.5. The van der Waals surface area contributed by atoms with E-state index >= 15 is 0 Å². The molecule has 0 aliphatic carbocycles. The summed E-state index contributed by atoms with van der Waals surface area (Å²) in [4.78, 5) is 23.2. The van der Waals surface area contributed by atoms with Gasteiger partial charge in [0.05, 0.1) is 6.04 Å². The molecule has 5 heteroatoms. The van der Waals surface area contributed by atoms with Crippen LogP contribution in [0.15, 0.2) is 24.3 Å². The van der Waals surface area contributed by atoms with Crippen LogP contribution in [0.4, 0.5) is 0 Å². The second-order valence-corrected chi connectivity index (χ2v) is 6.33. The minimum Gasteiger partial charge on any atom is -0.487 e. The first kappa shape index (κ1) is 14.1. The molecule has 5 nitrogen and oxygen atoms in total. The van der Waals surface area contributed by atoms with Gasteiger partial charge in [0, 0.05) is 24.4 Å². The van der Waals surface area contributed by atoms with Gasteiger partial charge in [-0.2, -0.15) is 0 Å². The molecule has 1 aromatic carbocycles. The van der Waals surface area contributed by atoms with Gasteiger partial charge in [-0.3, -0.25) is 20.2 Å². The fraction of sp³-hybridized carbons (Fsp3) is 0.500. The molecule has 3 rings (SSSR count). The van der Waals surface area contributed by atoms with Crippen LogP contribution in [0.5, 0.6) is 5.75 Å². The van der Waals surface area contributed by atoms with Gasteiger partial charge in [-0.05, 0) is 26.3 Å². The SMILES string of the molecule is CC1(C)CC(NC2CCC(=O)NC2=O)c2ccccc2O1. The fourth-order valence-corrected chi connectivity index (χ4v) is 3.05. The summed E-state index contributed by atoms with van der Waals surface area (Å²) in [5.74, 6) is 0.442. The van der Waals surface area contributed by atoms with E-state index in [-0.39, 0.29) is 29.5 Å². The number of fused-ring (bicyclic) bond motifs is 1. The van der Waals surface area contributed by atoms with Gasteiger partial charge < -0.3 is 4.74 Å². The number of benzene rings is 1. The van der Waals surface area contributed by atoms with Crippen molar-refractivity contribution in [3.8, 4) is 5.75 Å². The zero-order valence-corrected chi connectivity index (χ0v) is 12.3. The molecule has 2 unspecified atom stereocenters. The van der Waals surface area contributed by atoms with Crippen molar-refractivity contribution < 1.29 is 14.3 Å². The first-order valence-corrected chi connectivity index (χ1v) is 7.32. The van der Waals surface area contributed by atoms with Gasteiger partial charge in [0.15, 0.2) is 0 Å². The molecule has 1 aromatic rings. The van der Waals surface area contributed by atoms with Gasteiger partial charge in [0.2, 0.25) is 11.8 Å². The van der Waals surface area contributed by atoms with Crippen molar-refractivity contribution in [2.75, 3.05) is 0 Å². The van der Waals surface area contributed by atoms with Gasteiger partial charge in [0.1, 0.15) is 11.4 Å². The molecule has 1 saturated heterocycles. The molecule has 0 bridgehead atoms. The third-order valence-electron chi connectivity index (χ3n) is 4.02. The predicted molar refractivity (Wildman–Crippen MR) is 77.8 cm³/mol. The van der Waals surface area contributed by atoms with Crippen LogP contribution in [-0.4, -0.2) is 23.5 Å². The molecule has 2 aliphatic rings. The minimum absolute atomic E-state index is 0.0499. The molecule has 21 heavy (non-hydrogen) atoms. The Balaban J connectivity index is 1.82. The summed E-state index contributed by atoms with van der Waals surface area (Å²) in [6.07, 6.45) is 1.71. The summed E-state index contributed by atoms with van der Waals surface area (Å²) in [6.45, 7) is 4.09. The monoisotopic (exact) mass is 288 g/mol. The van der Waals surface area contributed by atoms with Gasteiger partial charge in [-0.25, -0.2) is 0 Å². The minimum atomic E-state index is -0.324. The van der Waals surface area contributed by atoms with Crippen molar-refractivity contribution in [1.29, 1.82) is 0 Å². The van der Waals surface area contributed by atoms with Crippen molar-refractivity contribution in [2.45, 2.75) is 50.8 Å². The lowest BCUT2D eigenvalue weighted by Gasteiger charge is -2.39. The van der Waals surface area contributed by atoms with E-state index in [9.17, 15) is 9.59 Å². The van der Waals surface area contributed by atoms with Crippen molar-refractivity contribution in [2.24, 2.45) is 0 Å². The number of hydrogen-bond donors (Lipinski definition) is 2. The summed E-state index contributed by atoms with van der Waals surface area (Å²) < 4.78 is 5.99. The number of imide groups is 1. The summed E-state index contributed by atoms with van der Waals surface area (Å²) >= 11 is 0. The summed E-state index contributed by atoms with van der Waals surface area (Å²) in [5.41, 5.74) is 0.786. The molecule has 0 spiro atoms. The maximum Gasteiger partial charge on any atom is 0.243 e. The lowest BCUT2D eigenvalue weighted by atomic mass is 9.88. The Morgan fingerprint density at radius 2 is 2.00 bits per heavy atom. The quantitative estimate of drug-likeness (QED) is 0.813. The first-order valence-electron chi connectivity index (χ1n) is 7.32. The third kappa shape index (κ3) is 2.93. The molecule has 2 N–H and O–H groups in total. The van der Waals surface area contributed by atoms with Crippen LogP contribution in [0.3, 0.4) is 0 Å². The Bertz CT molecular complexity index is 583. The predicted octanol–water partition coefficient (Wildman–Crippen LogP) is 1.68. The number of rotatable bonds is 2. The topological polar surface area (TPSA) is 67.4 Å².